The molecule has 2 N–H and O–H groups in total. The molecule has 0 spiro atoms. The van der Waals surface area contributed by atoms with Crippen molar-refractivity contribution < 1.29 is 9.53 Å². The zero-order valence-corrected chi connectivity index (χ0v) is 10.9. The molecule has 2 heterocycles. The van der Waals surface area contributed by atoms with Crippen molar-refractivity contribution in [2.24, 2.45) is 0 Å². The van der Waals surface area contributed by atoms with Gasteiger partial charge in [-0.05, 0) is 39.0 Å². The molecule has 17 heavy (non-hydrogen) atoms. The second kappa shape index (κ2) is 5.83. The maximum atomic E-state index is 11.8. The smallest absolute Gasteiger partial charge is 0.220 e. The van der Waals surface area contributed by atoms with E-state index in [4.69, 9.17) is 4.74 Å². The average Bonchev–Trinajstić information content (AvgIpc) is 2.65. The minimum atomic E-state index is 0.171. The van der Waals surface area contributed by atoms with Crippen LogP contribution in [0.15, 0.2) is 0 Å². The van der Waals surface area contributed by atoms with Gasteiger partial charge in [-0.1, -0.05) is 0 Å². The number of hydrogen-bond donors (Lipinski definition) is 2. The molecule has 0 aromatic carbocycles. The zero-order chi connectivity index (χ0) is 12.3. The van der Waals surface area contributed by atoms with Crippen molar-refractivity contribution in [1.29, 1.82) is 0 Å². The van der Waals surface area contributed by atoms with Crippen LogP contribution in [0.1, 0.15) is 45.4 Å². The summed E-state index contributed by atoms with van der Waals surface area (Å²) in [6.07, 6.45) is 6.30. The lowest BCUT2D eigenvalue weighted by Gasteiger charge is -2.29. The number of nitrogens with one attached hydrogen (secondary N) is 2. The Labute approximate surface area is 103 Å². The maximum Gasteiger partial charge on any atom is 0.220 e. The van der Waals surface area contributed by atoms with Gasteiger partial charge in [-0.25, -0.2) is 0 Å². The number of fused-ring (bicyclic) bond motifs is 2. The topological polar surface area (TPSA) is 50.4 Å². The first-order chi connectivity index (χ1) is 8.17. The summed E-state index contributed by atoms with van der Waals surface area (Å²) in [5, 5.41) is 6.75. The van der Waals surface area contributed by atoms with Crippen LogP contribution in [-0.2, 0) is 9.53 Å². The normalized spacial score (nSPS) is 33.4. The van der Waals surface area contributed by atoms with Crippen LogP contribution in [0.3, 0.4) is 0 Å². The lowest BCUT2D eigenvalue weighted by Crippen LogP contribution is -2.48. The van der Waals surface area contributed by atoms with Gasteiger partial charge in [0.25, 0.3) is 0 Å². The van der Waals surface area contributed by atoms with Crippen LogP contribution in [0.5, 0.6) is 0 Å². The highest BCUT2D eigenvalue weighted by atomic mass is 16.5. The quantitative estimate of drug-likeness (QED) is 0.759. The van der Waals surface area contributed by atoms with Crippen molar-refractivity contribution in [3.63, 3.8) is 0 Å². The monoisotopic (exact) mass is 240 g/mol. The lowest BCUT2D eigenvalue weighted by atomic mass is 9.99. The van der Waals surface area contributed by atoms with Gasteiger partial charge in [0.05, 0.1) is 6.10 Å². The standard InChI is InChI=1S/C13H24N2O2/c1-9(17-2)3-6-13(16)15-12-7-10-4-5-11(8-12)14-10/h9-12,14H,3-8H2,1-2H3,(H,15,16). The van der Waals surface area contributed by atoms with E-state index in [1.807, 2.05) is 6.92 Å². The van der Waals surface area contributed by atoms with Gasteiger partial charge >= 0.3 is 0 Å². The van der Waals surface area contributed by atoms with Crippen LogP contribution in [0.2, 0.25) is 0 Å². The predicted molar refractivity (Wildman–Crippen MR) is 66.8 cm³/mol. The van der Waals surface area contributed by atoms with Gasteiger partial charge in [0.1, 0.15) is 0 Å². The van der Waals surface area contributed by atoms with E-state index < -0.39 is 0 Å². The molecule has 2 fully saturated rings. The predicted octanol–water partition coefficient (Wildman–Crippen LogP) is 1.20. The van der Waals surface area contributed by atoms with E-state index in [1.165, 1.54) is 12.8 Å². The van der Waals surface area contributed by atoms with E-state index >= 15 is 0 Å². The molecule has 0 aromatic heterocycles. The van der Waals surface area contributed by atoms with Crippen molar-refractivity contribution in [1.82, 2.24) is 10.6 Å². The van der Waals surface area contributed by atoms with Crippen molar-refractivity contribution in [2.75, 3.05) is 7.11 Å². The summed E-state index contributed by atoms with van der Waals surface area (Å²) in [6.45, 7) is 2.00. The highest BCUT2D eigenvalue weighted by Gasteiger charge is 2.33. The van der Waals surface area contributed by atoms with Gasteiger partial charge in [-0.2, -0.15) is 0 Å². The van der Waals surface area contributed by atoms with Crippen LogP contribution >= 0.6 is 0 Å². The fraction of sp³-hybridized carbons (Fsp3) is 0.923. The Morgan fingerprint density at radius 3 is 2.65 bits per heavy atom. The molecule has 2 rings (SSSR count). The van der Waals surface area contributed by atoms with Gasteiger partial charge in [-0.3, -0.25) is 4.79 Å². The molecule has 98 valence electrons. The number of ether oxygens (including phenoxy) is 1. The molecule has 2 saturated heterocycles. The van der Waals surface area contributed by atoms with Gasteiger partial charge < -0.3 is 15.4 Å². The Morgan fingerprint density at radius 1 is 1.41 bits per heavy atom. The Morgan fingerprint density at radius 2 is 2.06 bits per heavy atom. The van der Waals surface area contributed by atoms with E-state index in [0.717, 1.165) is 19.3 Å². The lowest BCUT2D eigenvalue weighted by molar-refractivity contribution is -0.122. The largest absolute Gasteiger partial charge is 0.382 e. The molecular weight excluding hydrogens is 216 g/mol. The molecule has 2 aliphatic rings. The van der Waals surface area contributed by atoms with Gasteiger partial charge in [0.15, 0.2) is 0 Å². The van der Waals surface area contributed by atoms with Crippen LogP contribution in [-0.4, -0.2) is 37.2 Å². The van der Waals surface area contributed by atoms with E-state index in [1.54, 1.807) is 7.11 Å². The summed E-state index contributed by atoms with van der Waals surface area (Å²) in [6, 6.07) is 1.66. The first-order valence-electron chi connectivity index (χ1n) is 6.75. The van der Waals surface area contributed by atoms with Crippen LogP contribution in [0.4, 0.5) is 0 Å². The molecule has 0 aromatic rings. The summed E-state index contributed by atoms with van der Waals surface area (Å²) in [5.74, 6) is 0.181. The van der Waals surface area contributed by atoms with E-state index in [-0.39, 0.29) is 12.0 Å². The number of piperidine rings is 1. The van der Waals surface area contributed by atoms with E-state index in [2.05, 4.69) is 10.6 Å². The van der Waals surface area contributed by atoms with Gasteiger partial charge in [0, 0.05) is 31.7 Å². The Bertz CT molecular complexity index is 258. The first-order valence-corrected chi connectivity index (χ1v) is 6.75. The molecule has 3 atom stereocenters. The number of carbonyl (C=O) groups excluding carboxylic acids is 1. The molecule has 0 radical (unpaired) electrons. The van der Waals surface area contributed by atoms with E-state index in [0.29, 0.717) is 24.5 Å². The second-order valence-corrected chi connectivity index (χ2v) is 5.46. The Hall–Kier alpha value is -0.610. The molecule has 2 bridgehead atoms. The molecule has 1 amide bonds. The second-order valence-electron chi connectivity index (χ2n) is 5.46. The van der Waals surface area contributed by atoms with Crippen molar-refractivity contribution >= 4 is 5.91 Å². The van der Waals surface area contributed by atoms with Crippen molar-refractivity contribution in [3.8, 4) is 0 Å². The van der Waals surface area contributed by atoms with Gasteiger partial charge in [-0.15, -0.1) is 0 Å². The highest BCUT2D eigenvalue weighted by molar-refractivity contribution is 5.76. The van der Waals surface area contributed by atoms with Crippen LogP contribution in [0.25, 0.3) is 0 Å². The van der Waals surface area contributed by atoms with Crippen molar-refractivity contribution in [3.05, 3.63) is 0 Å². The summed E-state index contributed by atoms with van der Waals surface area (Å²) in [7, 11) is 1.69. The van der Waals surface area contributed by atoms with Crippen LogP contribution in [0, 0.1) is 0 Å². The number of amides is 1. The highest BCUT2D eigenvalue weighted by Crippen LogP contribution is 2.26. The third-order valence-corrected chi connectivity index (χ3v) is 4.02. The minimum absolute atomic E-state index is 0.171. The summed E-state index contributed by atoms with van der Waals surface area (Å²) in [5.41, 5.74) is 0. The fourth-order valence-electron chi connectivity index (χ4n) is 2.93. The molecule has 0 aliphatic carbocycles. The summed E-state index contributed by atoms with van der Waals surface area (Å²) in [4.78, 5) is 11.8. The number of methoxy groups -OCH3 is 1. The average molecular weight is 240 g/mol. The minimum Gasteiger partial charge on any atom is -0.382 e. The number of carbonyl (C=O) groups is 1. The molecule has 0 saturated carbocycles. The molecular formula is C13H24N2O2. The molecule has 3 unspecified atom stereocenters. The first kappa shape index (κ1) is 12.8. The maximum absolute atomic E-state index is 11.8. The SMILES string of the molecule is COC(C)CCC(=O)NC1CC2CCC(C1)N2. The summed E-state index contributed by atoms with van der Waals surface area (Å²) < 4.78 is 5.14. The number of hydrogen-bond acceptors (Lipinski definition) is 3. The number of rotatable bonds is 5. The Kier molecular flexibility index (Phi) is 4.40. The molecule has 4 nitrogen and oxygen atoms in total. The van der Waals surface area contributed by atoms with Crippen molar-refractivity contribution in [2.45, 2.75) is 69.7 Å². The Balaban J connectivity index is 1.68. The van der Waals surface area contributed by atoms with E-state index in [9.17, 15) is 4.79 Å². The third-order valence-electron chi connectivity index (χ3n) is 4.02. The summed E-state index contributed by atoms with van der Waals surface area (Å²) >= 11 is 0. The van der Waals surface area contributed by atoms with Gasteiger partial charge in [0.2, 0.25) is 5.91 Å². The molecule has 2 aliphatic heterocycles. The fourth-order valence-corrected chi connectivity index (χ4v) is 2.93. The molecule has 4 heteroatoms. The van der Waals surface area contributed by atoms with Crippen LogP contribution < -0.4 is 10.6 Å². The third kappa shape index (κ3) is 3.68. The zero-order valence-electron chi connectivity index (χ0n) is 10.9.